The Labute approximate surface area is 118 Å². The minimum Gasteiger partial charge on any atom is -0.387 e. The van der Waals surface area contributed by atoms with Gasteiger partial charge in [0.25, 0.3) is 0 Å². The monoisotopic (exact) mass is 270 g/mol. The smallest absolute Gasteiger partial charge is 0.224 e. The van der Waals surface area contributed by atoms with E-state index in [1.807, 2.05) is 37.3 Å². The summed E-state index contributed by atoms with van der Waals surface area (Å²) in [6.45, 7) is 2.15. The minimum absolute atomic E-state index is 0.120. The van der Waals surface area contributed by atoms with Crippen molar-refractivity contribution in [2.75, 3.05) is 6.54 Å². The molecule has 0 bridgehead atoms. The van der Waals surface area contributed by atoms with Crippen LogP contribution in [0.25, 0.3) is 0 Å². The molecule has 1 atom stereocenters. The lowest BCUT2D eigenvalue weighted by Crippen LogP contribution is -2.29. The normalized spacial score (nSPS) is 11.9. The highest BCUT2D eigenvalue weighted by molar-refractivity contribution is 5.78. The second kappa shape index (κ2) is 6.82. The second-order valence-corrected chi connectivity index (χ2v) is 4.71. The van der Waals surface area contributed by atoms with Crippen molar-refractivity contribution in [3.05, 3.63) is 65.5 Å². The van der Waals surface area contributed by atoms with Crippen LogP contribution in [0.5, 0.6) is 0 Å². The third-order valence-electron chi connectivity index (χ3n) is 3.13. The van der Waals surface area contributed by atoms with Gasteiger partial charge in [-0.1, -0.05) is 30.3 Å². The number of rotatable bonds is 5. The molecule has 2 rings (SSSR count). The summed E-state index contributed by atoms with van der Waals surface area (Å²) in [6, 6.07) is 11.3. The van der Waals surface area contributed by atoms with Gasteiger partial charge in [-0.2, -0.15) is 0 Å². The van der Waals surface area contributed by atoms with Crippen molar-refractivity contribution in [3.8, 4) is 0 Å². The van der Waals surface area contributed by atoms with Crippen LogP contribution in [0.2, 0.25) is 0 Å². The van der Waals surface area contributed by atoms with Crippen LogP contribution >= 0.6 is 0 Å². The lowest BCUT2D eigenvalue weighted by Gasteiger charge is -2.14. The molecule has 0 aliphatic rings. The molecule has 0 fully saturated rings. The van der Waals surface area contributed by atoms with Crippen molar-refractivity contribution in [1.82, 2.24) is 10.3 Å². The van der Waals surface area contributed by atoms with E-state index in [0.717, 1.165) is 16.7 Å². The van der Waals surface area contributed by atoms with E-state index in [2.05, 4.69) is 10.3 Å². The molecule has 0 saturated heterocycles. The largest absolute Gasteiger partial charge is 0.387 e. The Morgan fingerprint density at radius 3 is 2.80 bits per heavy atom. The average molecular weight is 270 g/mol. The van der Waals surface area contributed by atoms with Crippen molar-refractivity contribution in [2.45, 2.75) is 19.4 Å². The van der Waals surface area contributed by atoms with Crippen LogP contribution in [-0.4, -0.2) is 22.5 Å². The highest BCUT2D eigenvalue weighted by Crippen LogP contribution is 2.16. The summed E-state index contributed by atoms with van der Waals surface area (Å²) in [6.07, 6.45) is 2.92. The summed E-state index contributed by atoms with van der Waals surface area (Å²) >= 11 is 0. The van der Waals surface area contributed by atoms with Gasteiger partial charge in [-0.3, -0.25) is 9.78 Å². The average Bonchev–Trinajstić information content (AvgIpc) is 2.46. The molecule has 2 aromatic rings. The van der Waals surface area contributed by atoms with E-state index in [0.29, 0.717) is 0 Å². The van der Waals surface area contributed by atoms with E-state index in [4.69, 9.17) is 0 Å². The maximum Gasteiger partial charge on any atom is 0.224 e. The number of aromatic nitrogens is 1. The lowest BCUT2D eigenvalue weighted by molar-refractivity contribution is -0.120. The standard InChI is InChI=1S/C16H18N2O2/c1-12-5-2-3-7-14(12)15(19)11-18-16(20)9-13-6-4-8-17-10-13/h2-8,10,15,19H,9,11H2,1H3,(H,18,20). The number of carbonyl (C=O) groups excluding carboxylic acids is 1. The van der Waals surface area contributed by atoms with Gasteiger partial charge in [0.2, 0.25) is 5.91 Å². The molecule has 1 aromatic heterocycles. The molecule has 0 saturated carbocycles. The van der Waals surface area contributed by atoms with E-state index in [-0.39, 0.29) is 18.9 Å². The summed E-state index contributed by atoms with van der Waals surface area (Å²) in [4.78, 5) is 15.7. The first kappa shape index (κ1) is 14.2. The zero-order chi connectivity index (χ0) is 14.4. The van der Waals surface area contributed by atoms with Gasteiger partial charge < -0.3 is 10.4 Å². The van der Waals surface area contributed by atoms with Gasteiger partial charge in [0.15, 0.2) is 0 Å². The molecule has 4 heteroatoms. The Hall–Kier alpha value is -2.20. The molecule has 0 aliphatic carbocycles. The first-order chi connectivity index (χ1) is 9.66. The van der Waals surface area contributed by atoms with Gasteiger partial charge in [0.05, 0.1) is 12.5 Å². The van der Waals surface area contributed by atoms with Gasteiger partial charge >= 0.3 is 0 Å². The van der Waals surface area contributed by atoms with Crippen molar-refractivity contribution in [3.63, 3.8) is 0 Å². The fourth-order valence-electron chi connectivity index (χ4n) is 2.03. The molecular weight excluding hydrogens is 252 g/mol. The summed E-state index contributed by atoms with van der Waals surface area (Å²) in [5.74, 6) is -0.120. The second-order valence-electron chi connectivity index (χ2n) is 4.71. The minimum atomic E-state index is -0.686. The van der Waals surface area contributed by atoms with E-state index in [1.165, 1.54) is 0 Å². The molecule has 0 radical (unpaired) electrons. The number of hydrogen-bond donors (Lipinski definition) is 2. The number of aryl methyl sites for hydroxylation is 1. The topological polar surface area (TPSA) is 62.2 Å². The number of carbonyl (C=O) groups is 1. The summed E-state index contributed by atoms with van der Waals surface area (Å²) in [5, 5.41) is 12.8. The molecule has 4 nitrogen and oxygen atoms in total. The summed E-state index contributed by atoms with van der Waals surface area (Å²) in [5.41, 5.74) is 2.71. The number of nitrogens with zero attached hydrogens (tertiary/aromatic N) is 1. The zero-order valence-corrected chi connectivity index (χ0v) is 11.4. The zero-order valence-electron chi connectivity index (χ0n) is 11.4. The molecule has 1 heterocycles. The molecule has 2 N–H and O–H groups in total. The number of pyridine rings is 1. The van der Waals surface area contributed by atoms with Crippen molar-refractivity contribution in [2.24, 2.45) is 0 Å². The van der Waals surface area contributed by atoms with Gasteiger partial charge in [0.1, 0.15) is 0 Å². The van der Waals surface area contributed by atoms with Crippen LogP contribution in [0, 0.1) is 6.92 Å². The molecule has 1 aromatic carbocycles. The fraction of sp³-hybridized carbons (Fsp3) is 0.250. The van der Waals surface area contributed by atoms with Gasteiger partial charge in [-0.15, -0.1) is 0 Å². The van der Waals surface area contributed by atoms with Gasteiger partial charge in [-0.25, -0.2) is 0 Å². The number of nitrogens with one attached hydrogen (secondary N) is 1. The van der Waals surface area contributed by atoms with Crippen LogP contribution in [0.4, 0.5) is 0 Å². The lowest BCUT2D eigenvalue weighted by atomic mass is 10.0. The summed E-state index contributed by atoms with van der Waals surface area (Å²) < 4.78 is 0. The fourth-order valence-corrected chi connectivity index (χ4v) is 2.03. The third kappa shape index (κ3) is 3.90. The van der Waals surface area contributed by atoms with Crippen molar-refractivity contribution in [1.29, 1.82) is 0 Å². The SMILES string of the molecule is Cc1ccccc1C(O)CNC(=O)Cc1cccnc1. The Morgan fingerprint density at radius 1 is 1.30 bits per heavy atom. The maximum atomic E-state index is 11.8. The third-order valence-corrected chi connectivity index (χ3v) is 3.13. The Bertz CT molecular complexity index is 570. The molecule has 1 unspecified atom stereocenters. The molecular formula is C16H18N2O2. The van der Waals surface area contributed by atoms with Gasteiger partial charge in [-0.05, 0) is 29.7 Å². The van der Waals surface area contributed by atoms with Crippen LogP contribution in [-0.2, 0) is 11.2 Å². The highest BCUT2D eigenvalue weighted by atomic mass is 16.3. The van der Waals surface area contributed by atoms with Crippen LogP contribution in [0.3, 0.4) is 0 Å². The van der Waals surface area contributed by atoms with Crippen molar-refractivity contribution < 1.29 is 9.90 Å². The predicted molar refractivity (Wildman–Crippen MR) is 77.1 cm³/mol. The number of benzene rings is 1. The van der Waals surface area contributed by atoms with E-state index >= 15 is 0 Å². The number of hydrogen-bond acceptors (Lipinski definition) is 3. The first-order valence-electron chi connectivity index (χ1n) is 6.56. The van der Waals surface area contributed by atoms with Crippen LogP contribution in [0.1, 0.15) is 22.8 Å². The van der Waals surface area contributed by atoms with Crippen LogP contribution in [0.15, 0.2) is 48.8 Å². The molecule has 104 valence electrons. The molecule has 20 heavy (non-hydrogen) atoms. The molecule has 0 aliphatic heterocycles. The number of aliphatic hydroxyl groups is 1. The highest BCUT2D eigenvalue weighted by Gasteiger charge is 2.11. The maximum absolute atomic E-state index is 11.8. The Morgan fingerprint density at radius 2 is 2.10 bits per heavy atom. The Kier molecular flexibility index (Phi) is 4.85. The summed E-state index contributed by atoms with van der Waals surface area (Å²) in [7, 11) is 0. The van der Waals surface area contributed by atoms with Gasteiger partial charge in [0, 0.05) is 18.9 Å². The quantitative estimate of drug-likeness (QED) is 0.870. The van der Waals surface area contributed by atoms with E-state index in [1.54, 1.807) is 18.5 Å². The van der Waals surface area contributed by atoms with Crippen molar-refractivity contribution >= 4 is 5.91 Å². The number of amides is 1. The number of aliphatic hydroxyl groups excluding tert-OH is 1. The molecule has 1 amide bonds. The predicted octanol–water partition coefficient (Wildman–Crippen LogP) is 1.78. The van der Waals surface area contributed by atoms with Crippen LogP contribution < -0.4 is 5.32 Å². The van der Waals surface area contributed by atoms with E-state index in [9.17, 15) is 9.90 Å². The Balaban J connectivity index is 1.86. The van der Waals surface area contributed by atoms with E-state index < -0.39 is 6.10 Å². The first-order valence-corrected chi connectivity index (χ1v) is 6.56. The molecule has 0 spiro atoms.